The van der Waals surface area contributed by atoms with E-state index >= 15 is 0 Å². The quantitative estimate of drug-likeness (QED) is 0.795. The molecule has 2 heterocycles. The molecule has 1 aromatic rings. The van der Waals surface area contributed by atoms with Gasteiger partial charge in [-0.15, -0.1) is 0 Å². The Bertz CT molecular complexity index is 431. The van der Waals surface area contributed by atoms with Crippen molar-refractivity contribution >= 4 is 21.8 Å². The van der Waals surface area contributed by atoms with Crippen molar-refractivity contribution in [2.24, 2.45) is 0 Å². The minimum atomic E-state index is -0.133. The van der Waals surface area contributed by atoms with Gasteiger partial charge in [0.2, 0.25) is 0 Å². The monoisotopic (exact) mass is 341 g/mol. The summed E-state index contributed by atoms with van der Waals surface area (Å²) in [7, 11) is 0. The maximum Gasteiger partial charge on any atom is 0.269 e. The molecular weight excluding hydrogens is 322 g/mol. The molecule has 0 bridgehead atoms. The van der Waals surface area contributed by atoms with Gasteiger partial charge < -0.3 is 15.3 Å². The molecule has 2 rings (SSSR count). The van der Waals surface area contributed by atoms with Crippen molar-refractivity contribution in [3.8, 4) is 0 Å². The third-order valence-corrected chi connectivity index (χ3v) is 3.92. The Morgan fingerprint density at radius 3 is 2.85 bits per heavy atom. The third kappa shape index (κ3) is 4.85. The van der Waals surface area contributed by atoms with E-state index in [4.69, 9.17) is 0 Å². The maximum absolute atomic E-state index is 11.8. The first-order valence-electron chi connectivity index (χ1n) is 6.95. The molecule has 0 aliphatic carbocycles. The van der Waals surface area contributed by atoms with Crippen molar-refractivity contribution in [1.29, 1.82) is 0 Å². The zero-order chi connectivity index (χ0) is 14.4. The Kier molecular flexibility index (Phi) is 5.94. The molecule has 2 N–H and O–H groups in total. The van der Waals surface area contributed by atoms with Crippen LogP contribution in [-0.2, 0) is 0 Å². The smallest absolute Gasteiger partial charge is 0.269 e. The van der Waals surface area contributed by atoms with Crippen LogP contribution in [0.4, 0.5) is 0 Å². The molecule has 6 heteroatoms. The number of aliphatic hydroxyl groups is 1. The summed E-state index contributed by atoms with van der Waals surface area (Å²) in [5.41, 5.74) is 0.439. The third-order valence-electron chi connectivity index (χ3n) is 3.45. The van der Waals surface area contributed by atoms with E-state index in [1.54, 1.807) is 18.3 Å². The second-order valence-electron chi connectivity index (χ2n) is 5.04. The first-order chi connectivity index (χ1) is 9.65. The standard InChI is InChI=1S/C14H20BrN3O2/c15-11-2-3-13(17-10-11)14(20)16-6-1-7-18-8-4-12(19)5-9-18/h2-3,10,12,19H,1,4-9H2,(H,16,20). The second kappa shape index (κ2) is 7.71. The number of aliphatic hydroxyl groups excluding tert-OH is 1. The number of nitrogens with one attached hydrogen (secondary N) is 1. The van der Waals surface area contributed by atoms with E-state index in [0.29, 0.717) is 12.2 Å². The van der Waals surface area contributed by atoms with Crippen molar-refractivity contribution in [2.75, 3.05) is 26.2 Å². The Labute approximate surface area is 127 Å². The molecule has 1 saturated heterocycles. The molecule has 1 aliphatic rings. The summed E-state index contributed by atoms with van der Waals surface area (Å²) < 4.78 is 0.862. The normalized spacial score (nSPS) is 17.1. The minimum Gasteiger partial charge on any atom is -0.393 e. The van der Waals surface area contributed by atoms with Crippen LogP contribution in [0.3, 0.4) is 0 Å². The van der Waals surface area contributed by atoms with Crippen molar-refractivity contribution in [3.05, 3.63) is 28.5 Å². The number of hydrogen-bond acceptors (Lipinski definition) is 4. The largest absolute Gasteiger partial charge is 0.393 e. The maximum atomic E-state index is 11.8. The summed E-state index contributed by atoms with van der Waals surface area (Å²) in [5.74, 6) is -0.133. The molecule has 0 unspecified atom stereocenters. The fourth-order valence-electron chi connectivity index (χ4n) is 2.25. The molecule has 5 nitrogen and oxygen atoms in total. The number of hydrogen-bond donors (Lipinski definition) is 2. The molecule has 1 aliphatic heterocycles. The molecule has 0 aromatic carbocycles. The minimum absolute atomic E-state index is 0.130. The van der Waals surface area contributed by atoms with Crippen molar-refractivity contribution < 1.29 is 9.90 Å². The Balaban J connectivity index is 1.63. The number of carbonyl (C=O) groups excluding carboxylic acids is 1. The lowest BCUT2D eigenvalue weighted by atomic mass is 10.1. The van der Waals surface area contributed by atoms with Gasteiger partial charge in [0.1, 0.15) is 5.69 Å². The van der Waals surface area contributed by atoms with Crippen LogP contribution in [-0.4, -0.2) is 53.2 Å². The highest BCUT2D eigenvalue weighted by Crippen LogP contribution is 2.10. The van der Waals surface area contributed by atoms with Crippen LogP contribution >= 0.6 is 15.9 Å². The van der Waals surface area contributed by atoms with Crippen LogP contribution < -0.4 is 5.32 Å². The van der Waals surface area contributed by atoms with Gasteiger partial charge in [-0.3, -0.25) is 4.79 Å². The predicted molar refractivity (Wildman–Crippen MR) is 80.6 cm³/mol. The molecule has 0 atom stereocenters. The summed E-state index contributed by atoms with van der Waals surface area (Å²) in [4.78, 5) is 18.2. The zero-order valence-corrected chi connectivity index (χ0v) is 13.0. The topological polar surface area (TPSA) is 65.5 Å². The molecule has 1 aromatic heterocycles. The number of amides is 1. The number of likely N-dealkylation sites (tertiary alicyclic amines) is 1. The van der Waals surface area contributed by atoms with Gasteiger partial charge >= 0.3 is 0 Å². The zero-order valence-electron chi connectivity index (χ0n) is 11.4. The Morgan fingerprint density at radius 1 is 1.45 bits per heavy atom. The fourth-order valence-corrected chi connectivity index (χ4v) is 2.48. The Morgan fingerprint density at radius 2 is 2.20 bits per heavy atom. The number of pyridine rings is 1. The fraction of sp³-hybridized carbons (Fsp3) is 0.571. The van der Waals surface area contributed by atoms with Crippen LogP contribution in [0.2, 0.25) is 0 Å². The average Bonchev–Trinajstić information content (AvgIpc) is 2.46. The van der Waals surface area contributed by atoms with E-state index in [1.165, 1.54) is 0 Å². The molecule has 0 saturated carbocycles. The first kappa shape index (κ1) is 15.4. The van der Waals surface area contributed by atoms with Crippen LogP contribution in [0.1, 0.15) is 29.8 Å². The van der Waals surface area contributed by atoms with E-state index in [0.717, 1.165) is 43.4 Å². The van der Waals surface area contributed by atoms with Gasteiger partial charge in [-0.1, -0.05) is 0 Å². The van der Waals surface area contributed by atoms with Crippen LogP contribution in [0.5, 0.6) is 0 Å². The van der Waals surface area contributed by atoms with E-state index in [-0.39, 0.29) is 12.0 Å². The van der Waals surface area contributed by atoms with E-state index in [2.05, 4.69) is 31.1 Å². The van der Waals surface area contributed by atoms with Crippen LogP contribution in [0.15, 0.2) is 22.8 Å². The molecule has 0 radical (unpaired) electrons. The highest BCUT2D eigenvalue weighted by molar-refractivity contribution is 9.10. The summed E-state index contributed by atoms with van der Waals surface area (Å²) in [6.07, 6.45) is 4.12. The first-order valence-corrected chi connectivity index (χ1v) is 7.74. The predicted octanol–water partition coefficient (Wildman–Crippen LogP) is 1.42. The average molecular weight is 342 g/mol. The number of aromatic nitrogens is 1. The van der Waals surface area contributed by atoms with E-state index < -0.39 is 0 Å². The van der Waals surface area contributed by atoms with Crippen LogP contribution in [0.25, 0.3) is 0 Å². The molecule has 1 amide bonds. The highest BCUT2D eigenvalue weighted by Gasteiger charge is 2.16. The van der Waals surface area contributed by atoms with E-state index in [1.807, 2.05) is 0 Å². The molecular formula is C14H20BrN3O2. The van der Waals surface area contributed by atoms with Gasteiger partial charge in [-0.25, -0.2) is 4.98 Å². The molecule has 1 fully saturated rings. The molecule has 110 valence electrons. The molecule has 0 spiro atoms. The number of halogens is 1. The number of carbonyl (C=O) groups is 1. The summed E-state index contributed by atoms with van der Waals surface area (Å²) >= 11 is 3.29. The SMILES string of the molecule is O=C(NCCCN1CCC(O)CC1)c1ccc(Br)cn1. The van der Waals surface area contributed by atoms with Crippen molar-refractivity contribution in [3.63, 3.8) is 0 Å². The van der Waals surface area contributed by atoms with Gasteiger partial charge in [-0.05, 0) is 53.9 Å². The number of rotatable bonds is 5. The number of nitrogens with zero attached hydrogens (tertiary/aromatic N) is 2. The highest BCUT2D eigenvalue weighted by atomic mass is 79.9. The van der Waals surface area contributed by atoms with Crippen molar-refractivity contribution in [1.82, 2.24) is 15.2 Å². The molecule has 20 heavy (non-hydrogen) atoms. The van der Waals surface area contributed by atoms with Gasteiger partial charge in [0.15, 0.2) is 0 Å². The van der Waals surface area contributed by atoms with Gasteiger partial charge in [0.25, 0.3) is 5.91 Å². The lowest BCUT2D eigenvalue weighted by molar-refractivity contribution is 0.0816. The Hall–Kier alpha value is -0.980. The van der Waals surface area contributed by atoms with Gasteiger partial charge in [0.05, 0.1) is 6.10 Å². The van der Waals surface area contributed by atoms with Crippen molar-refractivity contribution in [2.45, 2.75) is 25.4 Å². The summed E-state index contributed by atoms with van der Waals surface area (Å²) in [5, 5.41) is 12.3. The van der Waals surface area contributed by atoms with Gasteiger partial charge in [0, 0.05) is 30.3 Å². The lowest BCUT2D eigenvalue weighted by Crippen LogP contribution is -2.37. The second-order valence-corrected chi connectivity index (χ2v) is 5.96. The van der Waals surface area contributed by atoms with Gasteiger partial charge in [-0.2, -0.15) is 0 Å². The van der Waals surface area contributed by atoms with Crippen LogP contribution in [0, 0.1) is 0 Å². The summed E-state index contributed by atoms with van der Waals surface area (Å²) in [6.45, 7) is 3.50. The lowest BCUT2D eigenvalue weighted by Gasteiger charge is -2.29. The number of piperidine rings is 1. The summed E-state index contributed by atoms with van der Waals surface area (Å²) in [6, 6.07) is 3.51. The van der Waals surface area contributed by atoms with E-state index in [9.17, 15) is 9.90 Å².